The van der Waals surface area contributed by atoms with Gasteiger partial charge in [0.1, 0.15) is 11.5 Å². The third-order valence-electron chi connectivity index (χ3n) is 2.47. The van der Waals surface area contributed by atoms with E-state index in [4.69, 9.17) is 15.2 Å². The molecule has 96 valence electrons. The molecule has 1 heterocycles. The number of rotatable bonds is 4. The van der Waals surface area contributed by atoms with Crippen molar-refractivity contribution in [3.63, 3.8) is 0 Å². The highest BCUT2D eigenvalue weighted by Gasteiger charge is 2.07. The molecular formula is C13H17N3O2. The van der Waals surface area contributed by atoms with Crippen LogP contribution in [0.1, 0.15) is 12.6 Å². The summed E-state index contributed by atoms with van der Waals surface area (Å²) in [7, 11) is 1.84. The minimum Gasteiger partial charge on any atom is -0.492 e. The Morgan fingerprint density at radius 1 is 1.33 bits per heavy atom. The standard InChI is InChI=1S/C13H17N3O2/c1-4-17-12-8-10(5-6-11(12)14)18-13-7-9(2)15-16(13)3/h5-8H,4,14H2,1-3H3. The number of benzene rings is 1. The summed E-state index contributed by atoms with van der Waals surface area (Å²) in [6.45, 7) is 4.40. The predicted molar refractivity (Wildman–Crippen MR) is 70.0 cm³/mol. The third-order valence-corrected chi connectivity index (χ3v) is 2.47. The summed E-state index contributed by atoms with van der Waals surface area (Å²) in [4.78, 5) is 0. The van der Waals surface area contributed by atoms with Gasteiger partial charge in [-0.05, 0) is 26.0 Å². The Hall–Kier alpha value is -2.17. The first-order chi connectivity index (χ1) is 8.60. The van der Waals surface area contributed by atoms with E-state index in [0.29, 0.717) is 29.7 Å². The van der Waals surface area contributed by atoms with Gasteiger partial charge in [-0.2, -0.15) is 5.10 Å². The van der Waals surface area contributed by atoms with Crippen LogP contribution in [0.5, 0.6) is 17.4 Å². The molecule has 18 heavy (non-hydrogen) atoms. The topological polar surface area (TPSA) is 62.3 Å². The summed E-state index contributed by atoms with van der Waals surface area (Å²) >= 11 is 0. The molecule has 0 radical (unpaired) electrons. The summed E-state index contributed by atoms with van der Waals surface area (Å²) in [6, 6.07) is 7.22. The van der Waals surface area contributed by atoms with Crippen LogP contribution in [0.4, 0.5) is 5.69 Å². The average Bonchev–Trinajstić information content (AvgIpc) is 2.62. The molecule has 0 aliphatic carbocycles. The van der Waals surface area contributed by atoms with E-state index in [1.165, 1.54) is 0 Å². The lowest BCUT2D eigenvalue weighted by atomic mass is 10.3. The number of nitrogens with zero attached hydrogens (tertiary/aromatic N) is 2. The molecule has 0 aliphatic rings. The van der Waals surface area contributed by atoms with Gasteiger partial charge in [0.15, 0.2) is 0 Å². The maximum Gasteiger partial charge on any atom is 0.217 e. The van der Waals surface area contributed by atoms with Crippen LogP contribution in [0.2, 0.25) is 0 Å². The Kier molecular flexibility index (Phi) is 3.41. The van der Waals surface area contributed by atoms with Crippen molar-refractivity contribution in [3.05, 3.63) is 30.0 Å². The molecule has 2 rings (SSSR count). The second-order valence-electron chi connectivity index (χ2n) is 3.98. The highest BCUT2D eigenvalue weighted by Crippen LogP contribution is 2.30. The molecule has 0 aliphatic heterocycles. The molecule has 1 aromatic carbocycles. The molecule has 0 amide bonds. The van der Waals surface area contributed by atoms with Gasteiger partial charge in [-0.15, -0.1) is 0 Å². The van der Waals surface area contributed by atoms with Crippen molar-refractivity contribution in [2.45, 2.75) is 13.8 Å². The van der Waals surface area contributed by atoms with Gasteiger partial charge in [0, 0.05) is 19.2 Å². The molecule has 0 spiro atoms. The van der Waals surface area contributed by atoms with Crippen LogP contribution in [-0.2, 0) is 7.05 Å². The SMILES string of the molecule is CCOc1cc(Oc2cc(C)nn2C)ccc1N. The molecule has 2 N–H and O–H groups in total. The summed E-state index contributed by atoms with van der Waals surface area (Å²) < 4.78 is 12.8. The lowest BCUT2D eigenvalue weighted by Gasteiger charge is -2.10. The van der Waals surface area contributed by atoms with Gasteiger partial charge in [-0.25, -0.2) is 4.68 Å². The Morgan fingerprint density at radius 3 is 2.72 bits per heavy atom. The number of anilines is 1. The second kappa shape index (κ2) is 5.00. The minimum absolute atomic E-state index is 0.568. The summed E-state index contributed by atoms with van der Waals surface area (Å²) in [5.41, 5.74) is 7.32. The average molecular weight is 247 g/mol. The zero-order valence-electron chi connectivity index (χ0n) is 10.8. The van der Waals surface area contributed by atoms with Gasteiger partial charge in [0.25, 0.3) is 0 Å². The number of ether oxygens (including phenoxy) is 2. The Bertz CT molecular complexity index is 549. The van der Waals surface area contributed by atoms with Crippen LogP contribution in [0.3, 0.4) is 0 Å². The van der Waals surface area contributed by atoms with Gasteiger partial charge >= 0.3 is 0 Å². The largest absolute Gasteiger partial charge is 0.492 e. The first-order valence-electron chi connectivity index (χ1n) is 5.81. The van der Waals surface area contributed by atoms with Gasteiger partial charge < -0.3 is 15.2 Å². The molecule has 1 aromatic heterocycles. The number of hydrogen-bond acceptors (Lipinski definition) is 4. The van der Waals surface area contributed by atoms with Gasteiger partial charge in [-0.3, -0.25) is 0 Å². The van der Waals surface area contributed by atoms with Crippen LogP contribution >= 0.6 is 0 Å². The molecule has 0 saturated heterocycles. The number of nitrogens with two attached hydrogens (primary N) is 1. The van der Waals surface area contributed by atoms with Crippen LogP contribution in [0, 0.1) is 6.92 Å². The number of nitrogen functional groups attached to an aromatic ring is 1. The van der Waals surface area contributed by atoms with Crippen molar-refractivity contribution in [3.8, 4) is 17.4 Å². The fourth-order valence-corrected chi connectivity index (χ4v) is 1.66. The molecule has 5 heteroatoms. The van der Waals surface area contributed by atoms with Crippen molar-refractivity contribution < 1.29 is 9.47 Å². The lowest BCUT2D eigenvalue weighted by molar-refractivity contribution is 0.339. The van der Waals surface area contributed by atoms with Crippen molar-refractivity contribution in [1.29, 1.82) is 0 Å². The van der Waals surface area contributed by atoms with Gasteiger partial charge in [-0.1, -0.05) is 0 Å². The lowest BCUT2D eigenvalue weighted by Crippen LogP contribution is -1.98. The fourth-order valence-electron chi connectivity index (χ4n) is 1.66. The molecule has 0 unspecified atom stereocenters. The summed E-state index contributed by atoms with van der Waals surface area (Å²) in [5, 5.41) is 4.22. The first-order valence-corrected chi connectivity index (χ1v) is 5.81. The van der Waals surface area contributed by atoms with Gasteiger partial charge in [0.05, 0.1) is 18.0 Å². The predicted octanol–water partition coefficient (Wildman–Crippen LogP) is 2.50. The summed E-state index contributed by atoms with van der Waals surface area (Å²) in [5.74, 6) is 1.99. The van der Waals surface area contributed by atoms with Crippen molar-refractivity contribution >= 4 is 5.69 Å². The van der Waals surface area contributed by atoms with Crippen LogP contribution in [0.25, 0.3) is 0 Å². The monoisotopic (exact) mass is 247 g/mol. The zero-order chi connectivity index (χ0) is 13.1. The van der Waals surface area contributed by atoms with E-state index >= 15 is 0 Å². The van der Waals surface area contributed by atoms with Crippen LogP contribution in [0.15, 0.2) is 24.3 Å². The molecule has 0 fully saturated rings. The van der Waals surface area contributed by atoms with E-state index in [0.717, 1.165) is 5.69 Å². The van der Waals surface area contributed by atoms with E-state index in [9.17, 15) is 0 Å². The molecule has 0 saturated carbocycles. The maximum atomic E-state index is 5.80. The highest BCUT2D eigenvalue weighted by molar-refractivity contribution is 5.56. The van der Waals surface area contributed by atoms with E-state index in [-0.39, 0.29) is 0 Å². The number of hydrogen-bond donors (Lipinski definition) is 1. The first kappa shape index (κ1) is 12.3. The number of aromatic nitrogens is 2. The van der Waals surface area contributed by atoms with E-state index in [2.05, 4.69) is 5.10 Å². The quantitative estimate of drug-likeness (QED) is 0.843. The smallest absolute Gasteiger partial charge is 0.217 e. The molecule has 0 bridgehead atoms. The minimum atomic E-state index is 0.568. The molecule has 0 atom stereocenters. The summed E-state index contributed by atoms with van der Waals surface area (Å²) in [6.07, 6.45) is 0. The zero-order valence-corrected chi connectivity index (χ0v) is 10.8. The van der Waals surface area contributed by atoms with Gasteiger partial charge in [0.2, 0.25) is 5.88 Å². The van der Waals surface area contributed by atoms with E-state index in [1.54, 1.807) is 22.9 Å². The van der Waals surface area contributed by atoms with Crippen molar-refractivity contribution in [1.82, 2.24) is 9.78 Å². The second-order valence-corrected chi connectivity index (χ2v) is 3.98. The number of aryl methyl sites for hydroxylation is 2. The molecule has 2 aromatic rings. The highest BCUT2D eigenvalue weighted by atomic mass is 16.5. The van der Waals surface area contributed by atoms with E-state index < -0.39 is 0 Å². The molecular weight excluding hydrogens is 230 g/mol. The Morgan fingerprint density at radius 2 is 2.11 bits per heavy atom. The fraction of sp³-hybridized carbons (Fsp3) is 0.308. The normalized spacial score (nSPS) is 10.4. The van der Waals surface area contributed by atoms with Crippen LogP contribution in [-0.4, -0.2) is 16.4 Å². The molecule has 5 nitrogen and oxygen atoms in total. The third kappa shape index (κ3) is 2.56. The van der Waals surface area contributed by atoms with E-state index in [1.807, 2.05) is 27.0 Å². The van der Waals surface area contributed by atoms with Crippen molar-refractivity contribution in [2.75, 3.05) is 12.3 Å². The van der Waals surface area contributed by atoms with Crippen LogP contribution < -0.4 is 15.2 Å². The maximum absolute atomic E-state index is 5.80. The Labute approximate surface area is 106 Å². The Balaban J connectivity index is 2.24. The van der Waals surface area contributed by atoms with Crippen molar-refractivity contribution in [2.24, 2.45) is 7.05 Å².